The van der Waals surface area contributed by atoms with E-state index < -0.39 is 12.0 Å². The predicted molar refractivity (Wildman–Crippen MR) is 174 cm³/mol. The number of ketones is 1. The minimum Gasteiger partial charge on any atom is -0.492 e. The number of hydrogen-bond donors (Lipinski definition) is 2. The monoisotopic (exact) mass is 600 g/mol. The zero-order chi connectivity index (χ0) is 31.4. The van der Waals surface area contributed by atoms with Crippen LogP contribution in [0.5, 0.6) is 5.75 Å². The van der Waals surface area contributed by atoms with Crippen molar-refractivity contribution >= 4 is 35.1 Å². The number of benzene rings is 4. The molecule has 1 amide bonds. The third kappa shape index (κ3) is 8.36. The predicted octanol–water partition coefficient (Wildman–Crippen LogP) is 6.74. The summed E-state index contributed by atoms with van der Waals surface area (Å²) in [6, 6.07) is 33.1. The van der Waals surface area contributed by atoms with Crippen molar-refractivity contribution < 1.29 is 28.6 Å². The number of anilines is 2. The molecule has 0 bridgehead atoms. The van der Waals surface area contributed by atoms with Gasteiger partial charge in [-0.1, -0.05) is 72.8 Å². The third-order valence-electron chi connectivity index (χ3n) is 7.08. The van der Waals surface area contributed by atoms with E-state index in [0.29, 0.717) is 29.1 Å². The smallest absolute Gasteiger partial charge is 0.326 e. The Kier molecular flexibility index (Phi) is 10.2. The molecule has 1 aromatic heterocycles. The van der Waals surface area contributed by atoms with Gasteiger partial charge in [-0.25, -0.2) is 4.79 Å². The van der Waals surface area contributed by atoms with E-state index in [0.717, 1.165) is 16.8 Å². The molecule has 0 spiro atoms. The van der Waals surface area contributed by atoms with E-state index in [1.54, 1.807) is 90.2 Å². The minimum atomic E-state index is -1.04. The Labute approximate surface area is 261 Å². The highest BCUT2D eigenvalue weighted by Gasteiger charge is 2.21. The number of aliphatic carboxylic acids is 1. The lowest BCUT2D eigenvalue weighted by molar-refractivity contribution is -0.137. The highest BCUT2D eigenvalue weighted by atomic mass is 16.5. The van der Waals surface area contributed by atoms with Gasteiger partial charge in [0.05, 0.1) is 19.1 Å². The summed E-state index contributed by atoms with van der Waals surface area (Å²) < 4.78 is 11.0. The van der Waals surface area contributed by atoms with Gasteiger partial charge in [-0.15, -0.1) is 0 Å². The fourth-order valence-electron chi connectivity index (χ4n) is 4.75. The molecule has 1 unspecified atom stereocenters. The minimum absolute atomic E-state index is 0.183. The lowest BCUT2D eigenvalue weighted by Gasteiger charge is -2.21. The highest BCUT2D eigenvalue weighted by molar-refractivity contribution is 6.12. The molecule has 0 aliphatic heterocycles. The Morgan fingerprint density at radius 2 is 1.53 bits per heavy atom. The van der Waals surface area contributed by atoms with Gasteiger partial charge in [-0.05, 0) is 54.1 Å². The molecule has 0 radical (unpaired) electrons. The van der Waals surface area contributed by atoms with Crippen molar-refractivity contribution in [3.8, 4) is 5.75 Å². The van der Waals surface area contributed by atoms with Crippen molar-refractivity contribution in [2.75, 3.05) is 23.4 Å². The molecule has 0 aliphatic carbocycles. The Hall–Kier alpha value is -5.89. The van der Waals surface area contributed by atoms with Crippen molar-refractivity contribution in [1.82, 2.24) is 0 Å². The number of hydrogen-bond acceptors (Lipinski definition) is 6. The van der Waals surface area contributed by atoms with Crippen LogP contribution in [0, 0.1) is 0 Å². The molecule has 45 heavy (non-hydrogen) atoms. The maximum atomic E-state index is 13.1. The number of para-hydroxylation sites is 2. The molecule has 8 heteroatoms. The molecule has 0 saturated carbocycles. The van der Waals surface area contributed by atoms with E-state index in [4.69, 9.17) is 9.15 Å². The molecule has 5 rings (SSSR count). The molecule has 1 heterocycles. The van der Waals surface area contributed by atoms with Crippen LogP contribution in [0.4, 0.5) is 11.4 Å². The van der Waals surface area contributed by atoms with Crippen LogP contribution in [0.3, 0.4) is 0 Å². The van der Waals surface area contributed by atoms with Crippen molar-refractivity contribution in [3.05, 3.63) is 156 Å². The van der Waals surface area contributed by atoms with Gasteiger partial charge < -0.3 is 24.5 Å². The van der Waals surface area contributed by atoms with Gasteiger partial charge in [-0.3, -0.25) is 9.59 Å². The summed E-state index contributed by atoms with van der Waals surface area (Å²) in [5.74, 6) is -0.831. The van der Waals surface area contributed by atoms with Crippen molar-refractivity contribution in [2.45, 2.75) is 12.5 Å². The molecule has 226 valence electrons. The quantitative estimate of drug-likeness (QED) is 0.107. The Morgan fingerprint density at radius 3 is 2.22 bits per heavy atom. The second-order valence-corrected chi connectivity index (χ2v) is 10.2. The number of amides is 1. The average molecular weight is 601 g/mol. The molecular formula is C37H32N2O6. The van der Waals surface area contributed by atoms with Crippen LogP contribution < -0.4 is 15.0 Å². The Balaban J connectivity index is 1.20. The number of carboxylic acid groups (broad SMARTS) is 1. The molecule has 2 N–H and O–H groups in total. The number of carboxylic acids is 1. The lowest BCUT2D eigenvalue weighted by Crippen LogP contribution is -2.33. The number of furan rings is 1. The van der Waals surface area contributed by atoms with Crippen LogP contribution in [-0.2, 0) is 16.0 Å². The second kappa shape index (κ2) is 15.0. The van der Waals surface area contributed by atoms with E-state index in [9.17, 15) is 19.5 Å². The third-order valence-corrected chi connectivity index (χ3v) is 7.08. The molecular weight excluding hydrogens is 568 g/mol. The summed E-state index contributed by atoms with van der Waals surface area (Å²) in [4.78, 5) is 40.0. The Bertz CT molecular complexity index is 1730. The first-order valence-corrected chi connectivity index (χ1v) is 14.4. The van der Waals surface area contributed by atoms with Crippen LogP contribution in [0.2, 0.25) is 0 Å². The number of nitrogens with zero attached hydrogens (tertiary/aromatic N) is 1. The lowest BCUT2D eigenvalue weighted by atomic mass is 10.00. The van der Waals surface area contributed by atoms with Gasteiger partial charge in [0, 0.05) is 40.6 Å². The maximum absolute atomic E-state index is 13.1. The van der Waals surface area contributed by atoms with Crippen molar-refractivity contribution in [2.24, 2.45) is 0 Å². The average Bonchev–Trinajstić information content (AvgIpc) is 3.61. The first kappa shape index (κ1) is 30.6. The van der Waals surface area contributed by atoms with Crippen molar-refractivity contribution in [1.29, 1.82) is 0 Å². The summed E-state index contributed by atoms with van der Waals surface area (Å²) in [5.41, 5.74) is 3.70. The zero-order valence-corrected chi connectivity index (χ0v) is 24.4. The van der Waals surface area contributed by atoms with Crippen LogP contribution in [0.15, 0.2) is 138 Å². The topological polar surface area (TPSA) is 109 Å². The van der Waals surface area contributed by atoms with E-state index >= 15 is 0 Å². The van der Waals surface area contributed by atoms with Gasteiger partial charge in [0.1, 0.15) is 18.4 Å². The van der Waals surface area contributed by atoms with Gasteiger partial charge in [-0.2, -0.15) is 0 Å². The molecule has 8 nitrogen and oxygen atoms in total. The van der Waals surface area contributed by atoms with Crippen LogP contribution in [0.25, 0.3) is 6.08 Å². The fourth-order valence-corrected chi connectivity index (χ4v) is 4.75. The van der Waals surface area contributed by atoms with Crippen LogP contribution in [0.1, 0.15) is 27.0 Å². The first-order valence-electron chi connectivity index (χ1n) is 14.4. The molecule has 0 aliphatic rings. The van der Waals surface area contributed by atoms with E-state index in [-0.39, 0.29) is 24.7 Å². The molecule has 0 fully saturated rings. The normalized spacial score (nSPS) is 11.6. The maximum Gasteiger partial charge on any atom is 0.326 e. The molecule has 0 saturated heterocycles. The zero-order valence-electron chi connectivity index (χ0n) is 24.4. The Morgan fingerprint density at radius 1 is 0.844 bits per heavy atom. The van der Waals surface area contributed by atoms with E-state index in [1.807, 2.05) is 48.5 Å². The van der Waals surface area contributed by atoms with Crippen LogP contribution in [-0.4, -0.2) is 42.0 Å². The summed E-state index contributed by atoms with van der Waals surface area (Å²) in [6.07, 6.45) is 6.48. The number of carbonyl (C=O) groups is 3. The van der Waals surface area contributed by atoms with E-state index in [2.05, 4.69) is 5.32 Å². The standard InChI is InChI=1S/C37H32N2O6/c40-35(20-17-28-21-23-44-26-28)39(30-11-5-2-6-12-30)22-24-45-31-18-15-27(16-19-31)25-34(37(42)43)38-33-14-8-7-13-32(33)36(41)29-9-3-1-4-10-29/h1-21,23,26,34,38H,22,24-25H2,(H,42,43). The molecule has 5 aromatic rings. The summed E-state index contributed by atoms with van der Waals surface area (Å²) in [6.45, 7) is 0.553. The van der Waals surface area contributed by atoms with Gasteiger partial charge in [0.2, 0.25) is 0 Å². The highest BCUT2D eigenvalue weighted by Crippen LogP contribution is 2.22. The SMILES string of the molecule is O=C(c1ccccc1)c1ccccc1NC(Cc1ccc(OCCN(C(=O)C=Cc2ccoc2)c2ccccc2)cc1)C(=O)O. The number of rotatable bonds is 14. The largest absolute Gasteiger partial charge is 0.492 e. The van der Waals surface area contributed by atoms with Gasteiger partial charge in [0.15, 0.2) is 5.78 Å². The number of carbonyl (C=O) groups excluding carboxylic acids is 2. The first-order chi connectivity index (χ1) is 22.0. The second-order valence-electron chi connectivity index (χ2n) is 10.2. The van der Waals surface area contributed by atoms with Gasteiger partial charge >= 0.3 is 5.97 Å². The van der Waals surface area contributed by atoms with Crippen LogP contribution >= 0.6 is 0 Å². The van der Waals surface area contributed by atoms with E-state index in [1.165, 1.54) is 6.08 Å². The molecule has 1 atom stereocenters. The fraction of sp³-hybridized carbons (Fsp3) is 0.108. The van der Waals surface area contributed by atoms with Crippen molar-refractivity contribution in [3.63, 3.8) is 0 Å². The summed E-state index contributed by atoms with van der Waals surface area (Å²) >= 11 is 0. The number of nitrogens with one attached hydrogen (secondary N) is 1. The summed E-state index contributed by atoms with van der Waals surface area (Å²) in [7, 11) is 0. The summed E-state index contributed by atoms with van der Waals surface area (Å²) in [5, 5.41) is 13.0. The number of ether oxygens (including phenoxy) is 1. The molecule has 4 aromatic carbocycles. The van der Waals surface area contributed by atoms with Gasteiger partial charge in [0.25, 0.3) is 5.91 Å².